The molecular weight excluding hydrogens is 1420 g/mol. The van der Waals surface area contributed by atoms with E-state index in [0.717, 1.165) is 45.3 Å². The number of carbonyl (C=O) groups is 12. The highest BCUT2D eigenvalue weighted by Crippen LogP contribution is 2.50. The molecule has 0 radical (unpaired) electrons. The number of likely N-dealkylation sites (N-methyl/N-ethyl adjacent to an activating group) is 7. The van der Waals surface area contributed by atoms with E-state index in [0.29, 0.717) is 50.9 Å². The van der Waals surface area contributed by atoms with E-state index in [4.69, 9.17) is 9.47 Å². The first-order valence-electron chi connectivity index (χ1n) is 39.8. The lowest BCUT2D eigenvalue weighted by Gasteiger charge is -2.54. The molecule has 2 saturated heterocycles. The molecule has 109 heavy (non-hydrogen) atoms. The highest BCUT2D eigenvalue weighted by atomic mass is 19.4. The zero-order chi connectivity index (χ0) is 80.9. The Hall–Kier alpha value is -7.05. The van der Waals surface area contributed by atoms with Crippen molar-refractivity contribution in [2.45, 2.75) is 269 Å². The maximum absolute atomic E-state index is 15.9. The summed E-state index contributed by atoms with van der Waals surface area (Å²) in [5.74, 6) is -13.4. The van der Waals surface area contributed by atoms with Gasteiger partial charge in [-0.1, -0.05) is 98.6 Å². The first-order chi connectivity index (χ1) is 51.2. The number of fused-ring (bicyclic) bond motifs is 3. The zero-order valence-electron chi connectivity index (χ0n) is 67.1. The fourth-order valence-corrected chi connectivity index (χ4v) is 17.7. The Morgan fingerprint density at radius 2 is 1.32 bits per heavy atom. The van der Waals surface area contributed by atoms with Gasteiger partial charge in [0.05, 0.1) is 32.2 Å². The molecule has 7 rings (SSSR count). The van der Waals surface area contributed by atoms with E-state index in [9.17, 15) is 37.1 Å². The molecule has 3 N–H and O–H groups in total. The van der Waals surface area contributed by atoms with Crippen molar-refractivity contribution in [3.8, 4) is 0 Å². The monoisotopic (exact) mass is 1550 g/mol. The van der Waals surface area contributed by atoms with Gasteiger partial charge in [0.1, 0.15) is 72.1 Å². The average Bonchev–Trinajstić information content (AvgIpc) is 1.40. The average molecular weight is 1550 g/mol. The molecule has 1 spiro atoms. The van der Waals surface area contributed by atoms with Crippen LogP contribution in [-0.2, 0) is 67.0 Å². The number of amides is 12. The SMILES string of the molecule is CCCOC[C@H]1C(=O)N[C@@H]([C@@H](C)CC)C(=O)N(C)CC(=O)N(C)[C@H]2C/C=C\CCN(C2=O)[C@@H](CC2CCC(C)CC2)C(=O)N(C)CC(=O)N[C@@H](CCC2CC(F)C(C(F)(F)F)C(F)C2)C(=O)N2C[C@H](OCC)C[C@H]2C(=O)NC2(CC(C)(C)C2)C(=O)N(C)[C@@H](C2CCCC2)C(=O)N(C)[C@H](C(=O)N(C)CC)CC(=O)N1C. The molecule has 12 atom stereocenters. The van der Waals surface area contributed by atoms with Gasteiger partial charge in [0.2, 0.25) is 70.9 Å². The maximum atomic E-state index is 15.9. The Bertz CT molecular complexity index is 3220. The highest BCUT2D eigenvalue weighted by molar-refractivity contribution is 6.01. The van der Waals surface area contributed by atoms with Crippen LogP contribution in [0.25, 0.3) is 0 Å². The molecule has 0 aromatic rings. The van der Waals surface area contributed by atoms with Crippen molar-refractivity contribution >= 4 is 70.9 Å². The molecule has 4 aliphatic carbocycles. The Balaban J connectivity index is 1.34. The van der Waals surface area contributed by atoms with E-state index in [-0.39, 0.29) is 83.9 Å². The summed E-state index contributed by atoms with van der Waals surface area (Å²) in [6, 6.07) is -11.0. The molecule has 616 valence electrons. The van der Waals surface area contributed by atoms with Gasteiger partial charge >= 0.3 is 6.18 Å². The minimum Gasteiger partial charge on any atom is -0.379 e. The molecule has 12 amide bonds. The van der Waals surface area contributed by atoms with Crippen LogP contribution in [0.2, 0.25) is 0 Å². The van der Waals surface area contributed by atoms with Gasteiger partial charge in [-0.3, -0.25) is 57.5 Å². The van der Waals surface area contributed by atoms with Gasteiger partial charge in [0.15, 0.2) is 0 Å². The number of hydrogen-bond acceptors (Lipinski definition) is 14. The molecule has 3 aliphatic heterocycles. The van der Waals surface area contributed by atoms with Crippen LogP contribution in [0.5, 0.6) is 0 Å². The molecule has 4 saturated carbocycles. The number of nitrogens with zero attached hydrogens (tertiary/aromatic N) is 9. The van der Waals surface area contributed by atoms with Crippen LogP contribution in [-0.4, -0.2) is 295 Å². The summed E-state index contributed by atoms with van der Waals surface area (Å²) in [7, 11) is 9.82. The molecule has 2 unspecified atom stereocenters. The van der Waals surface area contributed by atoms with Crippen LogP contribution in [0.4, 0.5) is 22.0 Å². The van der Waals surface area contributed by atoms with Gasteiger partial charge in [-0.25, -0.2) is 8.78 Å². The number of hydrogen-bond donors (Lipinski definition) is 3. The largest absolute Gasteiger partial charge is 0.397 e. The number of rotatable bonds is 16. The molecule has 2 bridgehead atoms. The molecule has 0 aromatic carbocycles. The number of alkyl halides is 5. The van der Waals surface area contributed by atoms with Crippen molar-refractivity contribution in [2.24, 2.45) is 40.9 Å². The van der Waals surface area contributed by atoms with Crippen molar-refractivity contribution in [2.75, 3.05) is 102 Å². The van der Waals surface area contributed by atoms with E-state index in [1.165, 1.54) is 73.8 Å². The van der Waals surface area contributed by atoms with Gasteiger partial charge in [0, 0.05) is 88.6 Å². The predicted molar refractivity (Wildman–Crippen MR) is 396 cm³/mol. The first kappa shape index (κ1) is 89.2. The van der Waals surface area contributed by atoms with Crippen LogP contribution in [0.15, 0.2) is 12.2 Å². The van der Waals surface area contributed by atoms with Crippen LogP contribution < -0.4 is 16.0 Å². The van der Waals surface area contributed by atoms with E-state index in [2.05, 4.69) is 22.9 Å². The Kier molecular flexibility index (Phi) is 31.8. The van der Waals surface area contributed by atoms with Gasteiger partial charge in [0.25, 0.3) is 0 Å². The summed E-state index contributed by atoms with van der Waals surface area (Å²) in [6.07, 6.45) is -3.62. The number of nitrogens with one attached hydrogen (secondary N) is 3. The van der Waals surface area contributed by atoms with Crippen LogP contribution in [0.1, 0.15) is 190 Å². The topological polar surface area (TPSA) is 289 Å². The van der Waals surface area contributed by atoms with Crippen LogP contribution >= 0.6 is 0 Å². The lowest BCUT2D eigenvalue weighted by atomic mass is 9.58. The minimum atomic E-state index is -5.18. The molecule has 0 aromatic heterocycles. The zero-order valence-corrected chi connectivity index (χ0v) is 67.1. The van der Waals surface area contributed by atoms with Crippen molar-refractivity contribution in [3.63, 3.8) is 0 Å². The second-order valence-electron chi connectivity index (χ2n) is 33.3. The molecule has 6 fully saturated rings. The standard InChI is InChI=1S/C78H125F5N12O14/c1-16-35-108-44-60-67(99)85-65(48(6)17-2)73(105)89(11)43-63(98)90(12)56-27-21-20-24-34-94(72(56)104)59(38-49-30-28-47(5)29-31-49)71(103)88(10)42-61(96)84-55(33-32-50-36-53(79)64(54(80)37-50)78(81,82)83)69(101)95-41-52(109-19-4)39-57(95)68(100)86-77(45-76(7,8)46-77)75(107)93(15)66(51-25-22-23-26-51)74(106)92(14)58(40-62(97)91(60)13)70(102)87(9)18-3/h20-21,47-60,64-66H,16-19,22-46H2,1-15H3,(H,84,96)(H,85,99)(H,86,100)/b21-20-/t47?,48-,49?,50?,52+,53?,54?,55-,56-,57-,58-,59-,60-,64?,65-,66-/m0/s1. The van der Waals surface area contributed by atoms with Crippen molar-refractivity contribution < 1.29 is 89.0 Å². The predicted octanol–water partition coefficient (Wildman–Crippen LogP) is 6.22. The normalized spacial score (nSPS) is 32.1. The highest BCUT2D eigenvalue weighted by Gasteiger charge is 2.60. The maximum Gasteiger partial charge on any atom is 0.397 e. The number of halogens is 5. The second-order valence-corrected chi connectivity index (χ2v) is 33.3. The minimum absolute atomic E-state index is 0.00290. The van der Waals surface area contributed by atoms with Gasteiger partial charge in [-0.15, -0.1) is 0 Å². The number of ether oxygens (including phenoxy) is 2. The van der Waals surface area contributed by atoms with E-state index < -0.39 is 217 Å². The summed E-state index contributed by atoms with van der Waals surface area (Å²) < 4.78 is 85.2. The smallest absolute Gasteiger partial charge is 0.379 e. The van der Waals surface area contributed by atoms with Gasteiger partial charge < -0.3 is 69.5 Å². The summed E-state index contributed by atoms with van der Waals surface area (Å²) >= 11 is 0. The molecule has 26 nitrogen and oxygen atoms in total. The third-order valence-electron chi connectivity index (χ3n) is 24.4. The summed E-state index contributed by atoms with van der Waals surface area (Å²) in [6.45, 7) is 13.3. The van der Waals surface area contributed by atoms with Crippen molar-refractivity contribution in [1.82, 2.24) is 60.0 Å². The fraction of sp³-hybridized carbons (Fsp3) is 0.821. The van der Waals surface area contributed by atoms with Gasteiger partial charge in [-0.2, -0.15) is 13.2 Å². The lowest BCUT2D eigenvalue weighted by molar-refractivity contribution is -0.219. The molecule has 3 heterocycles. The summed E-state index contributed by atoms with van der Waals surface area (Å²) in [4.78, 5) is 194. The van der Waals surface area contributed by atoms with E-state index in [1.807, 2.05) is 26.8 Å². The quantitative estimate of drug-likeness (QED) is 0.0880. The van der Waals surface area contributed by atoms with Crippen molar-refractivity contribution in [3.05, 3.63) is 12.2 Å². The van der Waals surface area contributed by atoms with E-state index >= 15 is 42.3 Å². The molecular formula is C78H125F5N12O14. The van der Waals surface area contributed by atoms with Crippen LogP contribution in [0.3, 0.4) is 0 Å². The second kappa shape index (κ2) is 38.9. The third-order valence-corrected chi connectivity index (χ3v) is 24.4. The lowest BCUT2D eigenvalue weighted by Crippen LogP contribution is -2.71. The Morgan fingerprint density at radius 3 is 1.91 bits per heavy atom. The molecule has 7 aliphatic rings. The fourth-order valence-electron chi connectivity index (χ4n) is 17.7. The Morgan fingerprint density at radius 1 is 0.688 bits per heavy atom. The molecule has 31 heteroatoms. The van der Waals surface area contributed by atoms with Gasteiger partial charge in [-0.05, 0) is 126 Å². The van der Waals surface area contributed by atoms with E-state index in [1.54, 1.807) is 33.8 Å². The Labute approximate surface area is 641 Å². The summed E-state index contributed by atoms with van der Waals surface area (Å²) in [5, 5.41) is 8.61. The third kappa shape index (κ3) is 22.0. The number of carbonyl (C=O) groups excluding carboxylic acids is 12. The first-order valence-corrected chi connectivity index (χ1v) is 39.8. The van der Waals surface area contributed by atoms with Crippen LogP contribution in [0, 0.1) is 40.9 Å². The van der Waals surface area contributed by atoms with Crippen molar-refractivity contribution in [1.29, 1.82) is 0 Å². The summed E-state index contributed by atoms with van der Waals surface area (Å²) in [5.41, 5.74) is -2.30.